The van der Waals surface area contributed by atoms with Crippen LogP contribution in [0.1, 0.15) is 39.0 Å². The molecule has 2 fully saturated rings. The number of hydrogen-bond acceptors (Lipinski definition) is 2. The molecule has 2 rings (SSSR count). The lowest BCUT2D eigenvalue weighted by molar-refractivity contribution is -0.158. The van der Waals surface area contributed by atoms with E-state index in [0.29, 0.717) is 0 Å². The summed E-state index contributed by atoms with van der Waals surface area (Å²) in [6, 6.07) is 0. The monoisotopic (exact) mass is 211 g/mol. The first-order chi connectivity index (χ1) is 7.16. The van der Waals surface area contributed by atoms with E-state index in [4.69, 9.17) is 0 Å². The Morgan fingerprint density at radius 1 is 1.47 bits per heavy atom. The summed E-state index contributed by atoms with van der Waals surface area (Å²) in [4.78, 5) is 13.5. The van der Waals surface area contributed by atoms with Gasteiger partial charge in [0.1, 0.15) is 0 Å². The van der Waals surface area contributed by atoms with Crippen molar-refractivity contribution >= 4 is 5.97 Å². The van der Waals surface area contributed by atoms with Gasteiger partial charge < -0.3 is 10.0 Å². The van der Waals surface area contributed by atoms with Crippen LogP contribution in [0.3, 0.4) is 0 Å². The van der Waals surface area contributed by atoms with Crippen molar-refractivity contribution in [1.82, 2.24) is 4.90 Å². The molecule has 0 aromatic heterocycles. The van der Waals surface area contributed by atoms with Crippen molar-refractivity contribution in [3.63, 3.8) is 0 Å². The number of aliphatic carboxylic acids is 1. The summed E-state index contributed by atoms with van der Waals surface area (Å²) in [5, 5.41) is 9.19. The van der Waals surface area contributed by atoms with E-state index in [1.54, 1.807) is 0 Å². The summed E-state index contributed by atoms with van der Waals surface area (Å²) in [6.07, 6.45) is 5.42. The van der Waals surface area contributed by atoms with Crippen molar-refractivity contribution in [2.45, 2.75) is 39.0 Å². The van der Waals surface area contributed by atoms with Crippen molar-refractivity contribution in [2.24, 2.45) is 11.3 Å². The lowest BCUT2D eigenvalue weighted by atomic mass is 9.68. The van der Waals surface area contributed by atoms with Crippen LogP contribution >= 0.6 is 0 Å². The van der Waals surface area contributed by atoms with E-state index in [0.717, 1.165) is 44.8 Å². The molecule has 3 nitrogen and oxygen atoms in total. The van der Waals surface area contributed by atoms with Crippen molar-refractivity contribution < 1.29 is 9.90 Å². The lowest BCUT2D eigenvalue weighted by Crippen LogP contribution is -2.55. The normalized spacial score (nSPS) is 25.7. The number of nitrogens with zero attached hydrogens (tertiary/aromatic N) is 1. The van der Waals surface area contributed by atoms with Crippen molar-refractivity contribution in [3.8, 4) is 0 Å². The molecule has 0 spiro atoms. The van der Waals surface area contributed by atoms with Crippen molar-refractivity contribution in [1.29, 1.82) is 0 Å². The fraction of sp³-hybridized carbons (Fsp3) is 0.917. The van der Waals surface area contributed by atoms with E-state index < -0.39 is 5.97 Å². The minimum absolute atomic E-state index is 0.378. The standard InChI is InChI=1S/C12H21NO2/c1-2-4-10-7-13(8-10)9-12(11(14)15)5-3-6-12/h10H,2-9H2,1H3,(H,14,15). The van der Waals surface area contributed by atoms with Crippen LogP contribution in [0.2, 0.25) is 0 Å². The summed E-state index contributed by atoms with van der Waals surface area (Å²) in [6.45, 7) is 5.27. The Morgan fingerprint density at radius 3 is 2.53 bits per heavy atom. The van der Waals surface area contributed by atoms with Gasteiger partial charge in [0.15, 0.2) is 0 Å². The molecular formula is C12H21NO2. The predicted molar refractivity (Wildman–Crippen MR) is 58.8 cm³/mol. The molecule has 1 N–H and O–H groups in total. The fourth-order valence-corrected chi connectivity index (χ4v) is 2.87. The second kappa shape index (κ2) is 4.12. The van der Waals surface area contributed by atoms with Gasteiger partial charge in [-0.2, -0.15) is 0 Å². The number of rotatable bonds is 5. The maximum atomic E-state index is 11.2. The predicted octanol–water partition coefficient (Wildman–Crippen LogP) is 1.97. The fourth-order valence-electron chi connectivity index (χ4n) is 2.87. The zero-order chi connectivity index (χ0) is 10.9. The Labute approximate surface area is 91.5 Å². The van der Waals surface area contributed by atoms with Crippen molar-refractivity contribution in [2.75, 3.05) is 19.6 Å². The van der Waals surface area contributed by atoms with Crippen LogP contribution in [0, 0.1) is 11.3 Å². The maximum Gasteiger partial charge on any atom is 0.310 e. The van der Waals surface area contributed by atoms with Gasteiger partial charge in [-0.05, 0) is 25.2 Å². The van der Waals surface area contributed by atoms with Crippen LogP contribution < -0.4 is 0 Å². The molecule has 1 saturated carbocycles. The molecule has 0 unspecified atom stereocenters. The average molecular weight is 211 g/mol. The Morgan fingerprint density at radius 2 is 2.13 bits per heavy atom. The van der Waals surface area contributed by atoms with Crippen LogP contribution in [0.15, 0.2) is 0 Å². The van der Waals surface area contributed by atoms with E-state index in [2.05, 4.69) is 11.8 Å². The van der Waals surface area contributed by atoms with E-state index in [1.807, 2.05) is 0 Å². The highest BCUT2D eigenvalue weighted by atomic mass is 16.4. The molecule has 0 amide bonds. The van der Waals surface area contributed by atoms with E-state index in [9.17, 15) is 9.90 Å². The van der Waals surface area contributed by atoms with E-state index in [-0.39, 0.29) is 5.41 Å². The minimum atomic E-state index is -0.576. The minimum Gasteiger partial charge on any atom is -0.481 e. The average Bonchev–Trinajstić information content (AvgIpc) is 2.05. The third kappa shape index (κ3) is 2.03. The summed E-state index contributed by atoms with van der Waals surface area (Å²) in [7, 11) is 0. The second-order valence-corrected chi connectivity index (χ2v) is 5.29. The third-order valence-electron chi connectivity index (χ3n) is 4.02. The molecular weight excluding hydrogens is 190 g/mol. The first-order valence-electron chi connectivity index (χ1n) is 6.12. The smallest absolute Gasteiger partial charge is 0.310 e. The Bertz CT molecular complexity index is 242. The van der Waals surface area contributed by atoms with E-state index >= 15 is 0 Å². The van der Waals surface area contributed by atoms with Crippen LogP contribution in [-0.2, 0) is 4.79 Å². The molecule has 1 heterocycles. The SMILES string of the molecule is CCCC1CN(CC2(C(=O)O)CCC2)C1. The van der Waals surface area contributed by atoms with Gasteiger partial charge in [0.2, 0.25) is 0 Å². The number of hydrogen-bond donors (Lipinski definition) is 1. The Balaban J connectivity index is 1.76. The van der Waals surface area contributed by atoms with Crippen LogP contribution in [-0.4, -0.2) is 35.6 Å². The van der Waals surface area contributed by atoms with Gasteiger partial charge in [0, 0.05) is 19.6 Å². The number of carbonyl (C=O) groups is 1. The maximum absolute atomic E-state index is 11.2. The highest BCUT2D eigenvalue weighted by Gasteiger charge is 2.47. The third-order valence-corrected chi connectivity index (χ3v) is 4.02. The summed E-state index contributed by atoms with van der Waals surface area (Å²) < 4.78 is 0. The number of carboxylic acids is 1. The largest absolute Gasteiger partial charge is 0.481 e. The van der Waals surface area contributed by atoms with Gasteiger partial charge >= 0.3 is 5.97 Å². The molecule has 0 radical (unpaired) electrons. The van der Waals surface area contributed by atoms with E-state index in [1.165, 1.54) is 12.8 Å². The number of carboxylic acid groups (broad SMARTS) is 1. The van der Waals surface area contributed by atoms with Gasteiger partial charge in [-0.15, -0.1) is 0 Å². The molecule has 1 saturated heterocycles. The summed E-state index contributed by atoms with van der Waals surface area (Å²) in [5.74, 6) is 0.258. The molecule has 0 aromatic rings. The Kier molecular flexibility index (Phi) is 3.01. The number of likely N-dealkylation sites (tertiary alicyclic amines) is 1. The van der Waals surface area contributed by atoms with Crippen LogP contribution in [0.5, 0.6) is 0 Å². The first kappa shape index (κ1) is 10.9. The zero-order valence-corrected chi connectivity index (χ0v) is 9.54. The topological polar surface area (TPSA) is 40.5 Å². The summed E-state index contributed by atoms with van der Waals surface area (Å²) >= 11 is 0. The first-order valence-corrected chi connectivity index (χ1v) is 6.12. The summed E-state index contributed by atoms with van der Waals surface area (Å²) in [5.41, 5.74) is -0.378. The van der Waals surface area contributed by atoms with Crippen LogP contribution in [0.25, 0.3) is 0 Å². The van der Waals surface area contributed by atoms with Crippen molar-refractivity contribution in [3.05, 3.63) is 0 Å². The molecule has 1 aliphatic heterocycles. The molecule has 1 aliphatic carbocycles. The van der Waals surface area contributed by atoms with Gasteiger partial charge in [-0.25, -0.2) is 0 Å². The molecule has 86 valence electrons. The molecule has 3 heteroatoms. The molecule has 15 heavy (non-hydrogen) atoms. The Hall–Kier alpha value is -0.570. The quantitative estimate of drug-likeness (QED) is 0.756. The van der Waals surface area contributed by atoms with Crippen LogP contribution in [0.4, 0.5) is 0 Å². The van der Waals surface area contributed by atoms with Gasteiger partial charge in [-0.3, -0.25) is 4.79 Å². The second-order valence-electron chi connectivity index (χ2n) is 5.29. The van der Waals surface area contributed by atoms with Gasteiger partial charge in [0.25, 0.3) is 0 Å². The molecule has 0 aromatic carbocycles. The molecule has 2 aliphatic rings. The molecule has 0 bridgehead atoms. The highest BCUT2D eigenvalue weighted by Crippen LogP contribution is 2.43. The highest BCUT2D eigenvalue weighted by molar-refractivity contribution is 5.76. The molecule has 0 atom stereocenters. The van der Waals surface area contributed by atoms with Gasteiger partial charge in [-0.1, -0.05) is 19.8 Å². The van der Waals surface area contributed by atoms with Gasteiger partial charge in [0.05, 0.1) is 5.41 Å². The lowest BCUT2D eigenvalue weighted by Gasteiger charge is -2.47. The zero-order valence-electron chi connectivity index (χ0n) is 9.54.